The van der Waals surface area contributed by atoms with E-state index in [9.17, 15) is 24.9 Å². The van der Waals surface area contributed by atoms with Crippen molar-refractivity contribution in [2.45, 2.75) is 25.0 Å². The van der Waals surface area contributed by atoms with Crippen LogP contribution in [0.3, 0.4) is 0 Å². The van der Waals surface area contributed by atoms with Gasteiger partial charge in [-0.1, -0.05) is 18.2 Å². The predicted octanol–water partition coefficient (Wildman–Crippen LogP) is 0.785. The second-order valence-electron chi connectivity index (χ2n) is 5.61. The van der Waals surface area contributed by atoms with E-state index in [0.717, 1.165) is 0 Å². The number of aliphatic hydroxyl groups is 2. The number of aliphatic hydroxyl groups excluding tert-OH is 2. The highest BCUT2D eigenvalue weighted by molar-refractivity contribution is 6.00. The number of hydrogen-bond acceptors (Lipinski definition) is 6. The molecule has 134 valence electrons. The van der Waals surface area contributed by atoms with E-state index >= 15 is 0 Å². The van der Waals surface area contributed by atoms with Gasteiger partial charge in [0.15, 0.2) is 5.78 Å². The van der Waals surface area contributed by atoms with Crippen molar-refractivity contribution in [3.05, 3.63) is 41.5 Å². The normalized spacial score (nSPS) is 24.6. The maximum Gasteiger partial charge on any atom is 0.255 e. The van der Waals surface area contributed by atoms with Crippen molar-refractivity contribution >= 4 is 17.8 Å². The number of carbonyl (C=O) groups is 2. The molecule has 1 heterocycles. The number of hydrogen-bond donors (Lipinski definition) is 4. The summed E-state index contributed by atoms with van der Waals surface area (Å²) >= 11 is 0. The molecule has 7 heteroatoms. The summed E-state index contributed by atoms with van der Waals surface area (Å²) in [6, 6.07) is 2.91. The highest BCUT2D eigenvalue weighted by Gasteiger charge is 2.22. The molecule has 0 fully saturated rings. The molecule has 1 aliphatic rings. The van der Waals surface area contributed by atoms with Crippen LogP contribution in [0.15, 0.2) is 30.4 Å². The van der Waals surface area contributed by atoms with Gasteiger partial charge in [-0.15, -0.1) is 0 Å². The van der Waals surface area contributed by atoms with Crippen LogP contribution in [-0.2, 0) is 4.79 Å². The maximum atomic E-state index is 12.4. The van der Waals surface area contributed by atoms with Crippen LogP contribution in [0.2, 0.25) is 0 Å². The van der Waals surface area contributed by atoms with Gasteiger partial charge in [0.05, 0.1) is 18.8 Å². The molecule has 1 aromatic carbocycles. The van der Waals surface area contributed by atoms with Crippen molar-refractivity contribution in [2.75, 3.05) is 13.7 Å². The molecule has 0 spiro atoms. The van der Waals surface area contributed by atoms with E-state index in [0.29, 0.717) is 17.7 Å². The summed E-state index contributed by atoms with van der Waals surface area (Å²) in [5.74, 6) is -0.912. The first-order chi connectivity index (χ1) is 11.9. The summed E-state index contributed by atoms with van der Waals surface area (Å²) in [6.45, 7) is 0.246. The second-order valence-corrected chi connectivity index (χ2v) is 5.61. The fraction of sp³-hybridized carbons (Fsp3) is 0.333. The third-order valence-electron chi connectivity index (χ3n) is 3.79. The molecule has 7 nitrogen and oxygen atoms in total. The second kappa shape index (κ2) is 8.46. The molecule has 0 aromatic heterocycles. The predicted molar refractivity (Wildman–Crippen MR) is 91.4 cm³/mol. The van der Waals surface area contributed by atoms with Gasteiger partial charge in [-0.05, 0) is 30.5 Å². The molecule has 4 N–H and O–H groups in total. The lowest BCUT2D eigenvalue weighted by Gasteiger charge is -2.14. The average Bonchev–Trinajstić information content (AvgIpc) is 2.59. The third-order valence-corrected chi connectivity index (χ3v) is 3.79. The standard InChI is InChI=1S/C18H21NO6/c1-25-12-9-11-5-4-7-14(21)17(23)13(20)6-2-3-8-19-18(24)16(11)15(22)10-12/h2,4-6,9-10,14,17,21-23H,3,7-8H2,1H3,(H,19,24)/b5-4+,6-2-. The lowest BCUT2D eigenvalue weighted by Crippen LogP contribution is -2.32. The summed E-state index contributed by atoms with van der Waals surface area (Å²) < 4.78 is 5.09. The Morgan fingerprint density at radius 1 is 1.16 bits per heavy atom. The maximum absolute atomic E-state index is 12.4. The number of fused-ring (bicyclic) bond motifs is 1. The number of phenols is 1. The number of phenolic OH excluding ortho intramolecular Hbond substituents is 1. The summed E-state index contributed by atoms with van der Waals surface area (Å²) in [5, 5.41) is 32.5. The van der Waals surface area contributed by atoms with E-state index < -0.39 is 23.9 Å². The molecule has 0 radical (unpaired) electrons. The first-order valence-corrected chi connectivity index (χ1v) is 7.86. The molecule has 0 saturated carbocycles. The van der Waals surface area contributed by atoms with Gasteiger partial charge in [0, 0.05) is 12.6 Å². The van der Waals surface area contributed by atoms with Crippen LogP contribution in [0.4, 0.5) is 0 Å². The molecule has 0 bridgehead atoms. The summed E-state index contributed by atoms with van der Waals surface area (Å²) in [7, 11) is 1.44. The average molecular weight is 347 g/mol. The van der Waals surface area contributed by atoms with Gasteiger partial charge in [0.2, 0.25) is 0 Å². The fourth-order valence-electron chi connectivity index (χ4n) is 2.43. The number of carbonyl (C=O) groups excluding carboxylic acids is 2. The Morgan fingerprint density at radius 3 is 2.64 bits per heavy atom. The van der Waals surface area contributed by atoms with Crippen molar-refractivity contribution in [1.82, 2.24) is 5.32 Å². The Kier molecular flexibility index (Phi) is 6.32. The summed E-state index contributed by atoms with van der Waals surface area (Å²) in [5.41, 5.74) is 0.485. The van der Waals surface area contributed by atoms with Crippen molar-refractivity contribution in [2.24, 2.45) is 0 Å². The van der Waals surface area contributed by atoms with Gasteiger partial charge < -0.3 is 25.4 Å². The molecule has 2 unspecified atom stereocenters. The molecular formula is C18H21NO6. The van der Waals surface area contributed by atoms with Gasteiger partial charge in [-0.25, -0.2) is 0 Å². The molecule has 2 rings (SSSR count). The van der Waals surface area contributed by atoms with Crippen LogP contribution < -0.4 is 10.1 Å². The van der Waals surface area contributed by atoms with E-state index in [1.807, 2.05) is 0 Å². The first-order valence-electron chi connectivity index (χ1n) is 7.86. The zero-order valence-electron chi connectivity index (χ0n) is 13.8. The third kappa shape index (κ3) is 4.68. The minimum absolute atomic E-state index is 0.000221. The van der Waals surface area contributed by atoms with Crippen molar-refractivity contribution in [3.63, 3.8) is 0 Å². The molecular weight excluding hydrogens is 326 g/mol. The molecule has 1 aliphatic heterocycles. The minimum Gasteiger partial charge on any atom is -0.507 e. The highest BCUT2D eigenvalue weighted by atomic mass is 16.5. The number of rotatable bonds is 1. The number of benzene rings is 1. The summed E-state index contributed by atoms with van der Waals surface area (Å²) in [6.07, 6.45) is 3.31. The number of aromatic hydroxyl groups is 1. The zero-order chi connectivity index (χ0) is 18.4. The number of nitrogens with one attached hydrogen (secondary N) is 1. The van der Waals surface area contributed by atoms with Crippen molar-refractivity contribution in [3.8, 4) is 11.5 Å². The molecule has 1 aromatic rings. The van der Waals surface area contributed by atoms with E-state index in [-0.39, 0.29) is 24.3 Å². The SMILES string of the molecule is COc1cc(O)c2c(c1)/C=C/CC(O)C(O)C(=O)/C=C\CCNC2=O. The van der Waals surface area contributed by atoms with Crippen LogP contribution in [0.25, 0.3) is 6.08 Å². The van der Waals surface area contributed by atoms with Crippen LogP contribution in [0.1, 0.15) is 28.8 Å². The largest absolute Gasteiger partial charge is 0.507 e. The number of ketones is 1. The summed E-state index contributed by atoms with van der Waals surface area (Å²) in [4.78, 5) is 24.1. The first kappa shape index (κ1) is 18.7. The number of amides is 1. The van der Waals surface area contributed by atoms with E-state index in [1.165, 1.54) is 37.5 Å². The number of ether oxygens (including phenoxy) is 1. The van der Waals surface area contributed by atoms with E-state index in [1.54, 1.807) is 6.07 Å². The lowest BCUT2D eigenvalue weighted by molar-refractivity contribution is -0.127. The Morgan fingerprint density at radius 2 is 1.92 bits per heavy atom. The van der Waals surface area contributed by atoms with Gasteiger partial charge in [-0.2, -0.15) is 0 Å². The van der Waals surface area contributed by atoms with Crippen molar-refractivity contribution < 1.29 is 29.6 Å². The Bertz CT molecular complexity index is 710. The van der Waals surface area contributed by atoms with E-state index in [4.69, 9.17) is 4.74 Å². The van der Waals surface area contributed by atoms with Crippen molar-refractivity contribution in [1.29, 1.82) is 0 Å². The Hall–Kier alpha value is -2.64. The van der Waals surface area contributed by atoms with Gasteiger partial charge in [0.25, 0.3) is 5.91 Å². The van der Waals surface area contributed by atoms with Crippen LogP contribution in [0, 0.1) is 0 Å². The fourth-order valence-corrected chi connectivity index (χ4v) is 2.43. The highest BCUT2D eigenvalue weighted by Crippen LogP contribution is 2.29. The topological polar surface area (TPSA) is 116 Å². The lowest BCUT2D eigenvalue weighted by atomic mass is 10.0. The van der Waals surface area contributed by atoms with Gasteiger partial charge >= 0.3 is 0 Å². The smallest absolute Gasteiger partial charge is 0.255 e. The van der Waals surface area contributed by atoms with Crippen LogP contribution >= 0.6 is 0 Å². The molecule has 0 aliphatic carbocycles. The Balaban J connectivity index is 2.40. The quantitative estimate of drug-likeness (QED) is 0.597. The van der Waals surface area contributed by atoms with Crippen LogP contribution in [-0.4, -0.2) is 52.9 Å². The molecule has 1 amide bonds. The molecule has 25 heavy (non-hydrogen) atoms. The van der Waals surface area contributed by atoms with Crippen LogP contribution in [0.5, 0.6) is 11.5 Å². The monoisotopic (exact) mass is 347 g/mol. The zero-order valence-corrected chi connectivity index (χ0v) is 13.8. The Labute approximate surface area is 145 Å². The van der Waals surface area contributed by atoms with Gasteiger partial charge in [0.1, 0.15) is 17.6 Å². The number of methoxy groups -OCH3 is 1. The minimum atomic E-state index is -1.52. The van der Waals surface area contributed by atoms with E-state index in [2.05, 4.69) is 5.32 Å². The molecule has 0 saturated heterocycles. The molecule has 2 atom stereocenters. The van der Waals surface area contributed by atoms with Gasteiger partial charge in [-0.3, -0.25) is 9.59 Å².